The highest BCUT2D eigenvalue weighted by atomic mass is 19.1. The summed E-state index contributed by atoms with van der Waals surface area (Å²) >= 11 is 0. The van der Waals surface area contributed by atoms with Gasteiger partial charge in [-0.05, 0) is 17.7 Å². The summed E-state index contributed by atoms with van der Waals surface area (Å²) in [6.45, 7) is -0.127. The molecule has 0 bridgehead atoms. The van der Waals surface area contributed by atoms with Crippen LogP contribution in [0.15, 0.2) is 54.6 Å². The Hall–Kier alpha value is -3.20. The van der Waals surface area contributed by atoms with Gasteiger partial charge in [0.05, 0.1) is 17.6 Å². The van der Waals surface area contributed by atoms with Crippen molar-refractivity contribution >= 4 is 11.8 Å². The number of carbonyl (C=O) groups is 2. The van der Waals surface area contributed by atoms with Crippen LogP contribution in [0.2, 0.25) is 0 Å². The van der Waals surface area contributed by atoms with E-state index in [2.05, 4.69) is 10.6 Å². The molecule has 0 heterocycles. The summed E-state index contributed by atoms with van der Waals surface area (Å²) in [7, 11) is 0. The van der Waals surface area contributed by atoms with Crippen LogP contribution in [0.4, 0.5) is 4.39 Å². The number of rotatable bonds is 6. The van der Waals surface area contributed by atoms with Crippen molar-refractivity contribution in [3.8, 4) is 6.07 Å². The Labute approximate surface area is 139 Å². The number of halogens is 1. The lowest BCUT2D eigenvalue weighted by Crippen LogP contribution is -2.37. The van der Waals surface area contributed by atoms with E-state index in [-0.39, 0.29) is 24.6 Å². The number of carbonyl (C=O) groups excluding carboxylic acids is 2. The van der Waals surface area contributed by atoms with Crippen molar-refractivity contribution in [2.24, 2.45) is 0 Å². The average molecular weight is 325 g/mol. The van der Waals surface area contributed by atoms with Gasteiger partial charge < -0.3 is 10.6 Å². The van der Waals surface area contributed by atoms with Gasteiger partial charge in [0.1, 0.15) is 12.4 Å². The maximum atomic E-state index is 13.6. The molecule has 2 N–H and O–H groups in total. The Balaban J connectivity index is 2.11. The molecule has 1 unspecified atom stereocenters. The van der Waals surface area contributed by atoms with E-state index in [0.29, 0.717) is 5.56 Å². The third kappa shape index (κ3) is 4.40. The summed E-state index contributed by atoms with van der Waals surface area (Å²) in [5, 5.41) is 13.6. The molecule has 2 rings (SSSR count). The molecule has 2 aromatic rings. The second kappa shape index (κ2) is 8.44. The quantitative estimate of drug-likeness (QED) is 0.797. The van der Waals surface area contributed by atoms with Gasteiger partial charge in [0.15, 0.2) is 0 Å². The zero-order chi connectivity index (χ0) is 17.4. The predicted molar refractivity (Wildman–Crippen MR) is 86.5 cm³/mol. The maximum Gasteiger partial charge on any atom is 0.254 e. The van der Waals surface area contributed by atoms with E-state index >= 15 is 0 Å². The number of nitrogens with one attached hydrogen (secondary N) is 2. The molecule has 0 radical (unpaired) electrons. The zero-order valence-electron chi connectivity index (χ0n) is 12.8. The summed E-state index contributed by atoms with van der Waals surface area (Å²) in [6.07, 6.45) is 0. The van der Waals surface area contributed by atoms with Gasteiger partial charge in [-0.25, -0.2) is 4.39 Å². The van der Waals surface area contributed by atoms with Crippen molar-refractivity contribution in [1.29, 1.82) is 5.26 Å². The van der Waals surface area contributed by atoms with E-state index in [4.69, 9.17) is 5.26 Å². The molecule has 0 aliphatic rings. The SMILES string of the molecule is N#CCNC(=O)C(CNC(=O)c1ccccc1F)c1ccccc1. The summed E-state index contributed by atoms with van der Waals surface area (Å²) in [5.74, 6) is -2.27. The summed E-state index contributed by atoms with van der Waals surface area (Å²) in [4.78, 5) is 24.3. The predicted octanol–water partition coefficient (Wildman–Crippen LogP) is 1.98. The number of hydrogen-bond donors (Lipinski definition) is 2. The van der Waals surface area contributed by atoms with Crippen LogP contribution < -0.4 is 10.6 Å². The van der Waals surface area contributed by atoms with Crippen molar-refractivity contribution in [3.63, 3.8) is 0 Å². The van der Waals surface area contributed by atoms with Crippen LogP contribution in [0.3, 0.4) is 0 Å². The number of amides is 2. The molecule has 122 valence electrons. The Morgan fingerprint density at radius 2 is 1.71 bits per heavy atom. The maximum absolute atomic E-state index is 13.6. The van der Waals surface area contributed by atoms with Crippen LogP contribution in [0.5, 0.6) is 0 Å². The highest BCUT2D eigenvalue weighted by Gasteiger charge is 2.22. The molecule has 6 heteroatoms. The molecule has 2 aromatic carbocycles. The molecule has 0 aromatic heterocycles. The first kappa shape index (κ1) is 17.2. The topological polar surface area (TPSA) is 82.0 Å². The normalized spacial score (nSPS) is 11.2. The molecule has 1 atom stereocenters. The highest BCUT2D eigenvalue weighted by Crippen LogP contribution is 2.15. The lowest BCUT2D eigenvalue weighted by molar-refractivity contribution is -0.122. The highest BCUT2D eigenvalue weighted by molar-refractivity contribution is 5.95. The van der Waals surface area contributed by atoms with Crippen molar-refractivity contribution in [2.75, 3.05) is 13.1 Å². The summed E-state index contributed by atoms with van der Waals surface area (Å²) in [6, 6.07) is 16.3. The van der Waals surface area contributed by atoms with E-state index in [0.717, 1.165) is 0 Å². The second-order valence-corrected chi connectivity index (χ2v) is 5.03. The van der Waals surface area contributed by atoms with Gasteiger partial charge >= 0.3 is 0 Å². The molecule has 0 aliphatic heterocycles. The lowest BCUT2D eigenvalue weighted by atomic mass is 9.98. The fraction of sp³-hybridized carbons (Fsp3) is 0.167. The first-order valence-electron chi connectivity index (χ1n) is 7.36. The minimum Gasteiger partial charge on any atom is -0.351 e. The Bertz CT molecular complexity index is 756. The smallest absolute Gasteiger partial charge is 0.254 e. The number of hydrogen-bond acceptors (Lipinski definition) is 3. The summed E-state index contributed by atoms with van der Waals surface area (Å²) in [5.41, 5.74) is 0.614. The number of nitriles is 1. The van der Waals surface area contributed by atoms with Crippen molar-refractivity contribution < 1.29 is 14.0 Å². The number of benzene rings is 2. The van der Waals surface area contributed by atoms with Crippen LogP contribution in [0.25, 0.3) is 0 Å². The lowest BCUT2D eigenvalue weighted by Gasteiger charge is -2.17. The van der Waals surface area contributed by atoms with Gasteiger partial charge in [0.2, 0.25) is 5.91 Å². The fourth-order valence-corrected chi connectivity index (χ4v) is 2.23. The van der Waals surface area contributed by atoms with Gasteiger partial charge in [-0.1, -0.05) is 42.5 Å². The molecule has 0 saturated carbocycles. The van der Waals surface area contributed by atoms with E-state index in [1.54, 1.807) is 30.3 Å². The minimum atomic E-state index is -0.671. The van der Waals surface area contributed by atoms with E-state index in [1.807, 2.05) is 12.1 Å². The van der Waals surface area contributed by atoms with Gasteiger partial charge in [-0.3, -0.25) is 9.59 Å². The van der Waals surface area contributed by atoms with E-state index < -0.39 is 17.6 Å². The van der Waals surface area contributed by atoms with Crippen LogP contribution in [0.1, 0.15) is 21.8 Å². The fourth-order valence-electron chi connectivity index (χ4n) is 2.23. The summed E-state index contributed by atoms with van der Waals surface area (Å²) < 4.78 is 13.6. The standard InChI is InChI=1S/C18H16FN3O2/c19-16-9-5-4-8-14(16)17(23)22-12-15(18(24)21-11-10-20)13-6-2-1-3-7-13/h1-9,15H,11-12H2,(H,21,24)(H,22,23). The van der Waals surface area contributed by atoms with Gasteiger partial charge in [-0.15, -0.1) is 0 Å². The molecule has 0 spiro atoms. The first-order chi connectivity index (χ1) is 11.6. The first-order valence-corrected chi connectivity index (χ1v) is 7.36. The van der Waals surface area contributed by atoms with Crippen molar-refractivity contribution in [3.05, 3.63) is 71.5 Å². The van der Waals surface area contributed by atoms with Crippen LogP contribution in [-0.4, -0.2) is 24.9 Å². The molecule has 24 heavy (non-hydrogen) atoms. The van der Waals surface area contributed by atoms with Crippen LogP contribution in [-0.2, 0) is 4.79 Å². The van der Waals surface area contributed by atoms with Gasteiger partial charge in [0.25, 0.3) is 5.91 Å². The Morgan fingerprint density at radius 1 is 1.04 bits per heavy atom. The van der Waals surface area contributed by atoms with Gasteiger partial charge in [-0.2, -0.15) is 5.26 Å². The Morgan fingerprint density at radius 3 is 2.38 bits per heavy atom. The molecule has 5 nitrogen and oxygen atoms in total. The third-order valence-electron chi connectivity index (χ3n) is 3.45. The van der Waals surface area contributed by atoms with Crippen molar-refractivity contribution in [1.82, 2.24) is 10.6 Å². The largest absolute Gasteiger partial charge is 0.351 e. The van der Waals surface area contributed by atoms with Crippen molar-refractivity contribution in [2.45, 2.75) is 5.92 Å². The zero-order valence-corrected chi connectivity index (χ0v) is 12.8. The Kier molecular flexibility index (Phi) is 6.03. The molecule has 2 amide bonds. The van der Waals surface area contributed by atoms with E-state index in [9.17, 15) is 14.0 Å². The third-order valence-corrected chi connectivity index (χ3v) is 3.45. The average Bonchev–Trinajstić information content (AvgIpc) is 2.61. The molecule has 0 fully saturated rings. The number of nitrogens with zero attached hydrogens (tertiary/aromatic N) is 1. The molecular formula is C18H16FN3O2. The minimum absolute atomic E-state index is 0.00551. The molecule has 0 saturated heterocycles. The molecule has 0 aliphatic carbocycles. The molecular weight excluding hydrogens is 309 g/mol. The monoisotopic (exact) mass is 325 g/mol. The van der Waals surface area contributed by atoms with E-state index in [1.165, 1.54) is 18.2 Å². The van der Waals surface area contributed by atoms with Crippen LogP contribution in [0, 0.1) is 17.1 Å². The van der Waals surface area contributed by atoms with Crippen LogP contribution >= 0.6 is 0 Å². The van der Waals surface area contributed by atoms with Gasteiger partial charge in [0, 0.05) is 6.54 Å². The second-order valence-electron chi connectivity index (χ2n) is 5.03.